The van der Waals surface area contributed by atoms with Crippen LogP contribution in [-0.4, -0.2) is 23.6 Å². The lowest BCUT2D eigenvalue weighted by Crippen LogP contribution is -2.17. The van der Waals surface area contributed by atoms with Crippen molar-refractivity contribution < 1.29 is 10.0 Å². The molecule has 0 saturated heterocycles. The van der Waals surface area contributed by atoms with Crippen molar-refractivity contribution in [3.05, 3.63) is 38.9 Å². The molecular formula is C11H16N2O3. The first-order valence-electron chi connectivity index (χ1n) is 5.05. The lowest BCUT2D eigenvalue weighted by Gasteiger charge is -2.12. The zero-order valence-electron chi connectivity index (χ0n) is 9.65. The van der Waals surface area contributed by atoms with Crippen LogP contribution in [0.1, 0.15) is 22.8 Å². The van der Waals surface area contributed by atoms with Crippen LogP contribution in [0.25, 0.3) is 0 Å². The van der Waals surface area contributed by atoms with Gasteiger partial charge in [-0.15, -0.1) is 0 Å². The van der Waals surface area contributed by atoms with E-state index in [4.69, 9.17) is 0 Å². The van der Waals surface area contributed by atoms with E-state index in [-0.39, 0.29) is 10.6 Å². The van der Waals surface area contributed by atoms with E-state index in [1.54, 1.807) is 33.0 Å². The molecule has 1 aromatic rings. The van der Waals surface area contributed by atoms with Gasteiger partial charge < -0.3 is 10.4 Å². The highest BCUT2D eigenvalue weighted by Crippen LogP contribution is 2.26. The smallest absolute Gasteiger partial charge is 0.275 e. The molecule has 0 heterocycles. The van der Waals surface area contributed by atoms with Crippen LogP contribution in [-0.2, 0) is 0 Å². The third kappa shape index (κ3) is 2.56. The predicted octanol–water partition coefficient (Wildman–Crippen LogP) is 1.46. The van der Waals surface area contributed by atoms with Crippen LogP contribution < -0.4 is 5.32 Å². The highest BCUT2D eigenvalue weighted by molar-refractivity contribution is 5.49. The lowest BCUT2D eigenvalue weighted by molar-refractivity contribution is -0.386. The first-order valence-corrected chi connectivity index (χ1v) is 5.05. The molecule has 2 N–H and O–H groups in total. The second-order valence-corrected chi connectivity index (χ2v) is 3.83. The zero-order valence-corrected chi connectivity index (χ0v) is 9.65. The van der Waals surface area contributed by atoms with Gasteiger partial charge >= 0.3 is 0 Å². The summed E-state index contributed by atoms with van der Waals surface area (Å²) in [5.74, 6) is 0. The minimum absolute atomic E-state index is 0.125. The van der Waals surface area contributed by atoms with Gasteiger partial charge in [0, 0.05) is 17.7 Å². The van der Waals surface area contributed by atoms with E-state index in [2.05, 4.69) is 5.32 Å². The van der Waals surface area contributed by atoms with Crippen LogP contribution in [0.4, 0.5) is 5.69 Å². The monoisotopic (exact) mass is 224 g/mol. The Morgan fingerprint density at radius 3 is 2.31 bits per heavy atom. The first kappa shape index (κ1) is 12.6. The van der Waals surface area contributed by atoms with Crippen molar-refractivity contribution in [3.8, 4) is 0 Å². The third-order valence-electron chi connectivity index (χ3n) is 2.48. The fourth-order valence-corrected chi connectivity index (χ4v) is 1.78. The molecule has 5 nitrogen and oxygen atoms in total. The van der Waals surface area contributed by atoms with E-state index in [1.807, 2.05) is 0 Å². The highest BCUT2D eigenvalue weighted by atomic mass is 16.6. The van der Waals surface area contributed by atoms with Crippen molar-refractivity contribution in [1.82, 2.24) is 5.32 Å². The van der Waals surface area contributed by atoms with Crippen LogP contribution in [0.2, 0.25) is 0 Å². The Morgan fingerprint density at radius 1 is 1.44 bits per heavy atom. The average molecular weight is 224 g/mol. The number of nitro benzene ring substituents is 1. The summed E-state index contributed by atoms with van der Waals surface area (Å²) in [4.78, 5) is 10.4. The minimum atomic E-state index is -0.636. The maximum absolute atomic E-state index is 10.8. The quantitative estimate of drug-likeness (QED) is 0.599. The molecule has 5 heteroatoms. The van der Waals surface area contributed by atoms with Crippen LogP contribution in [0, 0.1) is 24.0 Å². The molecule has 0 aliphatic heterocycles. The fraction of sp³-hybridized carbons (Fsp3) is 0.455. The molecule has 1 atom stereocenters. The second-order valence-electron chi connectivity index (χ2n) is 3.83. The van der Waals surface area contributed by atoms with E-state index in [0.717, 1.165) is 0 Å². The number of hydrogen-bond donors (Lipinski definition) is 2. The SMILES string of the molecule is CNCC(O)c1cc(C)c([N+](=O)[O-])c(C)c1. The highest BCUT2D eigenvalue weighted by Gasteiger charge is 2.17. The summed E-state index contributed by atoms with van der Waals surface area (Å²) in [6.07, 6.45) is -0.636. The molecule has 0 aliphatic rings. The molecule has 0 fully saturated rings. The number of hydrogen-bond acceptors (Lipinski definition) is 4. The van der Waals surface area contributed by atoms with Crippen molar-refractivity contribution in [1.29, 1.82) is 0 Å². The van der Waals surface area contributed by atoms with Gasteiger partial charge in [-0.3, -0.25) is 10.1 Å². The maximum atomic E-state index is 10.8. The molecule has 0 amide bonds. The third-order valence-corrected chi connectivity index (χ3v) is 2.48. The van der Waals surface area contributed by atoms with Crippen molar-refractivity contribution in [2.24, 2.45) is 0 Å². The summed E-state index contributed by atoms with van der Waals surface area (Å²) in [6.45, 7) is 3.79. The number of aryl methyl sites for hydroxylation is 2. The number of aliphatic hydroxyl groups is 1. The van der Waals surface area contributed by atoms with Gasteiger partial charge in [0.1, 0.15) is 0 Å². The van der Waals surface area contributed by atoms with E-state index < -0.39 is 6.10 Å². The Labute approximate surface area is 94.3 Å². The molecule has 16 heavy (non-hydrogen) atoms. The Hall–Kier alpha value is -1.46. The van der Waals surface area contributed by atoms with Crippen LogP contribution in [0.15, 0.2) is 12.1 Å². The summed E-state index contributed by atoms with van der Waals surface area (Å²) >= 11 is 0. The van der Waals surface area contributed by atoms with Gasteiger partial charge in [-0.1, -0.05) is 0 Å². The minimum Gasteiger partial charge on any atom is -0.387 e. The number of nitro groups is 1. The Bertz CT molecular complexity index is 381. The first-order chi connectivity index (χ1) is 7.47. The molecule has 0 aromatic heterocycles. The summed E-state index contributed by atoms with van der Waals surface area (Å²) < 4.78 is 0. The molecular weight excluding hydrogens is 208 g/mol. The van der Waals surface area contributed by atoms with Gasteiger partial charge in [-0.25, -0.2) is 0 Å². The van der Waals surface area contributed by atoms with Gasteiger partial charge in [-0.05, 0) is 38.6 Å². The van der Waals surface area contributed by atoms with Crippen molar-refractivity contribution >= 4 is 5.69 Å². The molecule has 88 valence electrons. The molecule has 0 aliphatic carbocycles. The van der Waals surface area contributed by atoms with E-state index >= 15 is 0 Å². The lowest BCUT2D eigenvalue weighted by atomic mass is 10.0. The van der Waals surface area contributed by atoms with E-state index in [0.29, 0.717) is 23.2 Å². The molecule has 1 rings (SSSR count). The maximum Gasteiger partial charge on any atom is 0.275 e. The summed E-state index contributed by atoms with van der Waals surface area (Å²) in [5.41, 5.74) is 1.99. The molecule has 1 aromatic carbocycles. The molecule has 0 saturated carbocycles. The van der Waals surface area contributed by atoms with Crippen molar-refractivity contribution in [2.75, 3.05) is 13.6 Å². The zero-order chi connectivity index (χ0) is 12.3. The van der Waals surface area contributed by atoms with Gasteiger partial charge in [-0.2, -0.15) is 0 Å². The standard InChI is InChI=1S/C11H16N2O3/c1-7-4-9(10(14)6-12-3)5-8(2)11(7)13(15)16/h4-5,10,12,14H,6H2,1-3H3. The Kier molecular flexibility index (Phi) is 3.98. The average Bonchev–Trinajstić information content (AvgIpc) is 2.16. The van der Waals surface area contributed by atoms with Crippen LogP contribution in [0.3, 0.4) is 0 Å². The molecule has 0 bridgehead atoms. The Balaban J connectivity index is 3.14. The van der Waals surface area contributed by atoms with Crippen molar-refractivity contribution in [2.45, 2.75) is 20.0 Å². The van der Waals surface area contributed by atoms with Gasteiger partial charge in [0.25, 0.3) is 5.69 Å². The predicted molar refractivity (Wildman–Crippen MR) is 61.5 cm³/mol. The topological polar surface area (TPSA) is 75.4 Å². The summed E-state index contributed by atoms with van der Waals surface area (Å²) in [5, 5.41) is 23.4. The summed E-state index contributed by atoms with van der Waals surface area (Å²) in [6, 6.07) is 3.32. The van der Waals surface area contributed by atoms with Crippen molar-refractivity contribution in [3.63, 3.8) is 0 Å². The van der Waals surface area contributed by atoms with Gasteiger partial charge in [0.05, 0.1) is 11.0 Å². The van der Waals surface area contributed by atoms with E-state index in [9.17, 15) is 15.2 Å². The van der Waals surface area contributed by atoms with Crippen LogP contribution in [0.5, 0.6) is 0 Å². The van der Waals surface area contributed by atoms with Gasteiger partial charge in [0.15, 0.2) is 0 Å². The molecule has 1 unspecified atom stereocenters. The van der Waals surface area contributed by atoms with Crippen LogP contribution >= 0.6 is 0 Å². The number of benzene rings is 1. The molecule has 0 radical (unpaired) electrons. The normalized spacial score (nSPS) is 12.5. The fourth-order valence-electron chi connectivity index (χ4n) is 1.78. The second kappa shape index (κ2) is 5.05. The number of aliphatic hydroxyl groups excluding tert-OH is 1. The Morgan fingerprint density at radius 2 is 1.94 bits per heavy atom. The summed E-state index contributed by atoms with van der Waals surface area (Å²) in [7, 11) is 1.74. The largest absolute Gasteiger partial charge is 0.387 e. The number of likely N-dealkylation sites (N-methyl/N-ethyl adjacent to an activating group) is 1. The number of nitrogens with zero attached hydrogens (tertiary/aromatic N) is 1. The number of rotatable bonds is 4. The number of nitrogens with one attached hydrogen (secondary N) is 1. The molecule has 0 spiro atoms. The van der Waals surface area contributed by atoms with E-state index in [1.165, 1.54) is 0 Å². The van der Waals surface area contributed by atoms with Gasteiger partial charge in [0.2, 0.25) is 0 Å².